The van der Waals surface area contributed by atoms with Gasteiger partial charge in [-0.3, -0.25) is 14.4 Å². The van der Waals surface area contributed by atoms with Gasteiger partial charge in [-0.15, -0.1) is 0 Å². The van der Waals surface area contributed by atoms with Crippen molar-refractivity contribution in [2.75, 3.05) is 23.4 Å². The molecule has 0 bridgehead atoms. The van der Waals surface area contributed by atoms with Gasteiger partial charge in [0.05, 0.1) is 43.8 Å². The standard InChI is InChI=1S/C38H44N4O6Si/c1-24-36(49(2,3)47)33(20-35(45)41-18-8-9-28(41)23-43)48-38(24)30-11-5-7-13-32(30)42(37(38)46)22-25-14-16-27(17-15-25)40-34(44)19-26-21-39-31-12-6-4-10-29(26)31/h4-7,10-17,21,24,28,33,36,39,43,47H,8-9,18-20,22-23H2,1-3H3,(H,40,44)/t24-,28+,33+,36-,38+/m1/s1. The van der Waals surface area contributed by atoms with Gasteiger partial charge in [0.15, 0.2) is 13.9 Å². The number of ether oxygens (including phenoxy) is 1. The summed E-state index contributed by atoms with van der Waals surface area (Å²) in [6, 6.07) is 22.8. The highest BCUT2D eigenvalue weighted by atomic mass is 28.4. The minimum absolute atomic E-state index is 0.0488. The van der Waals surface area contributed by atoms with Gasteiger partial charge in [0.1, 0.15) is 0 Å². The van der Waals surface area contributed by atoms with E-state index in [9.17, 15) is 24.3 Å². The number of para-hydroxylation sites is 2. The molecule has 3 amide bonds. The summed E-state index contributed by atoms with van der Waals surface area (Å²) in [4.78, 5) is 59.4. The lowest BCUT2D eigenvalue weighted by molar-refractivity contribution is -0.150. The first-order valence-electron chi connectivity index (χ1n) is 17.2. The molecule has 4 N–H and O–H groups in total. The Morgan fingerprint density at radius 3 is 2.55 bits per heavy atom. The lowest BCUT2D eigenvalue weighted by Crippen LogP contribution is -2.46. The highest BCUT2D eigenvalue weighted by Gasteiger charge is 2.66. The van der Waals surface area contributed by atoms with E-state index in [1.165, 1.54) is 0 Å². The molecule has 0 saturated carbocycles. The van der Waals surface area contributed by atoms with Crippen LogP contribution in [0.1, 0.15) is 42.9 Å². The van der Waals surface area contributed by atoms with Crippen molar-refractivity contribution in [2.45, 2.75) is 75.5 Å². The van der Waals surface area contributed by atoms with Gasteiger partial charge in [-0.25, -0.2) is 0 Å². The summed E-state index contributed by atoms with van der Waals surface area (Å²) in [7, 11) is -2.93. The second-order valence-corrected chi connectivity index (χ2v) is 18.3. The third-order valence-corrected chi connectivity index (χ3v) is 13.3. The smallest absolute Gasteiger partial charge is 0.264 e. The Labute approximate surface area is 287 Å². The summed E-state index contributed by atoms with van der Waals surface area (Å²) in [6.45, 7) is 6.47. The first-order valence-corrected chi connectivity index (χ1v) is 20.2. The third-order valence-electron chi connectivity index (χ3n) is 10.8. The number of aliphatic hydroxyl groups is 1. The molecule has 2 fully saturated rings. The molecule has 10 nitrogen and oxygen atoms in total. The van der Waals surface area contributed by atoms with Crippen LogP contribution in [0, 0.1) is 5.92 Å². The maximum atomic E-state index is 14.7. The van der Waals surface area contributed by atoms with Crippen LogP contribution in [0.3, 0.4) is 0 Å². The highest BCUT2D eigenvalue weighted by molar-refractivity contribution is 6.71. The molecule has 3 aromatic carbocycles. The summed E-state index contributed by atoms with van der Waals surface area (Å²) in [6.07, 6.45) is 3.12. The van der Waals surface area contributed by atoms with Crippen LogP contribution in [-0.2, 0) is 37.7 Å². The Bertz CT molecular complexity index is 1890. The first-order chi connectivity index (χ1) is 23.5. The summed E-state index contributed by atoms with van der Waals surface area (Å²) in [5.41, 5.74) is 3.27. The fraction of sp³-hybridized carbons (Fsp3) is 0.395. The van der Waals surface area contributed by atoms with Crippen LogP contribution in [0.2, 0.25) is 18.6 Å². The predicted octanol–water partition coefficient (Wildman–Crippen LogP) is 5.07. The molecule has 4 aromatic rings. The number of H-pyrrole nitrogens is 1. The van der Waals surface area contributed by atoms with E-state index in [4.69, 9.17) is 4.74 Å². The fourth-order valence-electron chi connectivity index (χ4n) is 8.56. The van der Waals surface area contributed by atoms with Crippen LogP contribution < -0.4 is 10.2 Å². The molecule has 1 aromatic heterocycles. The van der Waals surface area contributed by atoms with Gasteiger partial charge >= 0.3 is 0 Å². The topological polar surface area (TPSA) is 135 Å². The fourth-order valence-corrected chi connectivity index (χ4v) is 11.1. The van der Waals surface area contributed by atoms with Gasteiger partial charge in [0.2, 0.25) is 11.8 Å². The van der Waals surface area contributed by atoms with Crippen molar-refractivity contribution in [2.24, 2.45) is 5.92 Å². The van der Waals surface area contributed by atoms with Crippen LogP contribution >= 0.6 is 0 Å². The van der Waals surface area contributed by atoms with E-state index in [0.717, 1.165) is 46.1 Å². The molecule has 5 atom stereocenters. The van der Waals surface area contributed by atoms with E-state index in [2.05, 4.69) is 10.3 Å². The van der Waals surface area contributed by atoms with Gasteiger partial charge < -0.3 is 34.7 Å². The number of nitrogens with one attached hydrogen (secondary N) is 2. The zero-order valence-corrected chi connectivity index (χ0v) is 29.2. The molecule has 2 saturated heterocycles. The Morgan fingerprint density at radius 2 is 1.80 bits per heavy atom. The lowest BCUT2D eigenvalue weighted by Gasteiger charge is -2.32. The number of rotatable bonds is 9. The zero-order chi connectivity index (χ0) is 34.5. The number of fused-ring (bicyclic) bond motifs is 3. The molecule has 3 aliphatic heterocycles. The molecule has 0 unspecified atom stereocenters. The second-order valence-electron chi connectivity index (χ2n) is 14.3. The Morgan fingerprint density at radius 1 is 1.06 bits per heavy atom. The van der Waals surface area contributed by atoms with Crippen molar-refractivity contribution in [1.82, 2.24) is 9.88 Å². The third kappa shape index (κ3) is 5.88. The van der Waals surface area contributed by atoms with Crippen LogP contribution in [0.4, 0.5) is 11.4 Å². The number of benzene rings is 3. The summed E-state index contributed by atoms with van der Waals surface area (Å²) in [5.74, 6) is -0.814. The van der Waals surface area contributed by atoms with Crippen molar-refractivity contribution in [3.05, 3.63) is 95.7 Å². The number of amides is 3. The Hall–Kier alpha value is -4.29. The van der Waals surface area contributed by atoms with Crippen LogP contribution in [0.25, 0.3) is 10.9 Å². The van der Waals surface area contributed by atoms with Gasteiger partial charge in [-0.1, -0.05) is 55.5 Å². The van der Waals surface area contributed by atoms with E-state index in [0.29, 0.717) is 12.2 Å². The summed E-state index contributed by atoms with van der Waals surface area (Å²) >= 11 is 0. The molecule has 4 heterocycles. The molecule has 256 valence electrons. The first kappa shape index (κ1) is 33.2. The SMILES string of the molecule is C[C@@H]1[C@@H]([Si](C)(C)O)[C@H](CC(=O)N2CCC[C@H]2CO)O[C@@]12C(=O)N(Cc1ccc(NC(=O)Cc3c[nH]c4ccccc34)cc1)c1ccccc12. The maximum Gasteiger partial charge on any atom is 0.264 e. The maximum absolute atomic E-state index is 14.7. The van der Waals surface area contributed by atoms with Gasteiger partial charge in [-0.2, -0.15) is 0 Å². The summed E-state index contributed by atoms with van der Waals surface area (Å²) < 4.78 is 6.82. The number of carbonyl (C=O) groups is 3. The quantitative estimate of drug-likeness (QED) is 0.183. The highest BCUT2D eigenvalue weighted by Crippen LogP contribution is 2.59. The van der Waals surface area contributed by atoms with Gasteiger partial charge in [0, 0.05) is 46.4 Å². The average Bonchev–Trinajstić information content (AvgIpc) is 3.84. The molecule has 0 aliphatic carbocycles. The number of aromatic nitrogens is 1. The minimum atomic E-state index is -2.93. The molecule has 1 spiro atoms. The second kappa shape index (κ2) is 12.9. The number of anilines is 2. The number of carbonyl (C=O) groups excluding carboxylic acids is 3. The van der Waals surface area contributed by atoms with Crippen LogP contribution in [-0.4, -0.2) is 71.1 Å². The van der Waals surface area contributed by atoms with Crippen molar-refractivity contribution < 1.29 is 29.0 Å². The number of nitrogens with zero attached hydrogens (tertiary/aromatic N) is 2. The van der Waals surface area contributed by atoms with Crippen molar-refractivity contribution in [1.29, 1.82) is 0 Å². The number of hydrogen-bond acceptors (Lipinski definition) is 6. The molecule has 11 heteroatoms. The Balaban J connectivity index is 1.10. The number of aromatic amines is 1. The molecule has 49 heavy (non-hydrogen) atoms. The largest absolute Gasteiger partial charge is 0.432 e. The molecule has 7 rings (SSSR count). The molecular formula is C38H44N4O6Si. The molecular weight excluding hydrogens is 637 g/mol. The minimum Gasteiger partial charge on any atom is -0.432 e. The van der Waals surface area contributed by atoms with Crippen LogP contribution in [0.5, 0.6) is 0 Å². The summed E-state index contributed by atoms with van der Waals surface area (Å²) in [5, 5.41) is 13.8. The number of likely N-dealkylation sites (tertiary alicyclic amines) is 1. The van der Waals surface area contributed by atoms with Crippen LogP contribution in [0.15, 0.2) is 79.0 Å². The predicted molar refractivity (Wildman–Crippen MR) is 190 cm³/mol. The van der Waals surface area contributed by atoms with E-state index in [1.54, 1.807) is 9.80 Å². The van der Waals surface area contributed by atoms with E-state index >= 15 is 0 Å². The van der Waals surface area contributed by atoms with Crippen molar-refractivity contribution in [3.8, 4) is 0 Å². The average molecular weight is 681 g/mol. The monoisotopic (exact) mass is 680 g/mol. The van der Waals surface area contributed by atoms with E-state index in [-0.39, 0.29) is 61.2 Å². The van der Waals surface area contributed by atoms with Crippen molar-refractivity contribution >= 4 is 48.3 Å². The van der Waals surface area contributed by atoms with E-state index in [1.807, 2.05) is 99.0 Å². The van der Waals surface area contributed by atoms with E-state index < -0.39 is 20.0 Å². The normalized spacial score (nSPS) is 25.0. The number of hydrogen-bond donors (Lipinski definition) is 4. The Kier molecular flexibility index (Phi) is 8.72. The lowest BCUT2D eigenvalue weighted by atomic mass is 9.82. The zero-order valence-electron chi connectivity index (χ0n) is 28.2. The molecule has 0 radical (unpaired) electrons. The van der Waals surface area contributed by atoms with Gasteiger partial charge in [0.25, 0.3) is 5.91 Å². The number of aliphatic hydroxyl groups excluding tert-OH is 1. The van der Waals surface area contributed by atoms with Gasteiger partial charge in [-0.05, 0) is 61.3 Å². The van der Waals surface area contributed by atoms with Crippen molar-refractivity contribution in [3.63, 3.8) is 0 Å². The molecule has 3 aliphatic rings.